The van der Waals surface area contributed by atoms with Gasteiger partial charge in [-0.15, -0.1) is 0 Å². The Morgan fingerprint density at radius 3 is 3.05 bits per heavy atom. The van der Waals surface area contributed by atoms with Crippen LogP contribution in [0.5, 0.6) is 0 Å². The number of aliphatic imine (C=N–C) groups is 1. The number of amides is 1. The number of rotatable bonds is 3. The highest BCUT2D eigenvalue weighted by Crippen LogP contribution is 2.28. The average molecular weight is 306 g/mol. The lowest BCUT2D eigenvalue weighted by Gasteiger charge is -2.12. The fraction of sp³-hybridized carbons (Fsp3) is 0.467. The minimum atomic E-state index is -0.104. The quantitative estimate of drug-likeness (QED) is 0.931. The van der Waals surface area contributed by atoms with Crippen LogP contribution in [0.4, 0.5) is 5.69 Å². The van der Waals surface area contributed by atoms with Crippen LogP contribution in [0.1, 0.15) is 24.5 Å². The van der Waals surface area contributed by atoms with Gasteiger partial charge in [0, 0.05) is 11.4 Å². The lowest BCUT2D eigenvalue weighted by molar-refractivity contribution is -0.115. The summed E-state index contributed by atoms with van der Waals surface area (Å²) in [5, 5.41) is 2.92. The average Bonchev–Trinajstić information content (AvgIpc) is 3.08. The normalized spacial score (nSPS) is 18.6. The maximum atomic E-state index is 12.2. The Morgan fingerprint density at radius 2 is 2.25 bits per heavy atom. The van der Waals surface area contributed by atoms with Crippen LogP contribution in [0.25, 0.3) is 0 Å². The Labute approximate surface area is 128 Å². The third-order valence-corrected chi connectivity index (χ3v) is 5.87. The molecular weight excluding hydrogens is 288 g/mol. The zero-order chi connectivity index (χ0) is 13.9. The van der Waals surface area contributed by atoms with Crippen LogP contribution in [-0.2, 0) is 17.6 Å². The molecule has 106 valence electrons. The van der Waals surface area contributed by atoms with Crippen LogP contribution in [0.2, 0.25) is 0 Å². The van der Waals surface area contributed by atoms with Crippen molar-refractivity contribution in [1.29, 1.82) is 0 Å². The number of carbonyl (C=O) groups is 1. The highest BCUT2D eigenvalue weighted by atomic mass is 32.2. The molecule has 3 rings (SSSR count). The van der Waals surface area contributed by atoms with Gasteiger partial charge in [0.15, 0.2) is 0 Å². The number of thioether (sulfide) groups is 2. The van der Waals surface area contributed by atoms with Gasteiger partial charge in [-0.3, -0.25) is 9.79 Å². The summed E-state index contributed by atoms with van der Waals surface area (Å²) in [5.41, 5.74) is 3.74. The number of carbonyl (C=O) groups excluding carboxylic acids is 1. The van der Waals surface area contributed by atoms with Crippen molar-refractivity contribution < 1.29 is 4.79 Å². The molecule has 0 aromatic heterocycles. The fourth-order valence-corrected chi connectivity index (χ4v) is 4.61. The van der Waals surface area contributed by atoms with Gasteiger partial charge in [-0.05, 0) is 49.4 Å². The maximum absolute atomic E-state index is 12.2. The van der Waals surface area contributed by atoms with Gasteiger partial charge >= 0.3 is 0 Å². The SMILES string of the molecule is CC(SC1=NCCS1)C(=O)Nc1ccc2c(c1)CCC2. The Kier molecular flexibility index (Phi) is 4.36. The predicted molar refractivity (Wildman–Crippen MR) is 88.9 cm³/mol. The number of aryl methyl sites for hydroxylation is 2. The third kappa shape index (κ3) is 3.20. The van der Waals surface area contributed by atoms with Crippen molar-refractivity contribution in [1.82, 2.24) is 0 Å². The second kappa shape index (κ2) is 6.22. The molecule has 0 saturated heterocycles. The largest absolute Gasteiger partial charge is 0.325 e. The van der Waals surface area contributed by atoms with Gasteiger partial charge in [-0.1, -0.05) is 29.6 Å². The van der Waals surface area contributed by atoms with Crippen LogP contribution >= 0.6 is 23.5 Å². The van der Waals surface area contributed by atoms with Crippen molar-refractivity contribution >= 4 is 39.5 Å². The zero-order valence-corrected chi connectivity index (χ0v) is 13.1. The van der Waals surface area contributed by atoms with Crippen LogP contribution in [0.3, 0.4) is 0 Å². The summed E-state index contributed by atoms with van der Waals surface area (Å²) in [5.74, 6) is 1.10. The number of benzene rings is 1. The molecular formula is C15H18N2OS2. The molecule has 0 fully saturated rings. The van der Waals surface area contributed by atoms with Gasteiger partial charge in [0.05, 0.1) is 11.8 Å². The summed E-state index contributed by atoms with van der Waals surface area (Å²) in [6, 6.07) is 6.29. The summed E-state index contributed by atoms with van der Waals surface area (Å²) < 4.78 is 1.04. The summed E-state index contributed by atoms with van der Waals surface area (Å²) in [7, 11) is 0. The Morgan fingerprint density at radius 1 is 1.40 bits per heavy atom. The molecule has 1 unspecified atom stereocenters. The van der Waals surface area contributed by atoms with Crippen molar-refractivity contribution in [3.05, 3.63) is 29.3 Å². The van der Waals surface area contributed by atoms with E-state index in [1.807, 2.05) is 13.0 Å². The van der Waals surface area contributed by atoms with E-state index in [0.29, 0.717) is 0 Å². The van der Waals surface area contributed by atoms with Crippen molar-refractivity contribution in [3.63, 3.8) is 0 Å². The molecule has 20 heavy (non-hydrogen) atoms. The highest BCUT2D eigenvalue weighted by molar-refractivity contribution is 8.39. The van der Waals surface area contributed by atoms with Gasteiger partial charge in [0.1, 0.15) is 4.38 Å². The van der Waals surface area contributed by atoms with Crippen molar-refractivity contribution in [2.24, 2.45) is 4.99 Å². The van der Waals surface area contributed by atoms with E-state index in [1.165, 1.54) is 24.0 Å². The molecule has 0 bridgehead atoms. The van der Waals surface area contributed by atoms with E-state index in [1.54, 1.807) is 23.5 Å². The molecule has 1 aliphatic carbocycles. The van der Waals surface area contributed by atoms with E-state index in [-0.39, 0.29) is 11.2 Å². The molecule has 0 radical (unpaired) electrons. The number of fused-ring (bicyclic) bond motifs is 1. The number of nitrogens with one attached hydrogen (secondary N) is 1. The maximum Gasteiger partial charge on any atom is 0.237 e. The van der Waals surface area contributed by atoms with Crippen molar-refractivity contribution in [2.75, 3.05) is 17.6 Å². The van der Waals surface area contributed by atoms with E-state index in [2.05, 4.69) is 22.4 Å². The molecule has 1 amide bonds. The van der Waals surface area contributed by atoms with E-state index >= 15 is 0 Å². The lowest BCUT2D eigenvalue weighted by atomic mass is 10.1. The summed E-state index contributed by atoms with van der Waals surface area (Å²) in [6.07, 6.45) is 3.54. The fourth-order valence-electron chi connectivity index (χ4n) is 2.49. The minimum absolute atomic E-state index is 0.0585. The highest BCUT2D eigenvalue weighted by Gasteiger charge is 2.19. The number of hydrogen-bond donors (Lipinski definition) is 1. The molecule has 1 heterocycles. The molecule has 1 N–H and O–H groups in total. The molecule has 1 atom stereocenters. The predicted octanol–water partition coefficient (Wildman–Crippen LogP) is 3.34. The summed E-state index contributed by atoms with van der Waals surface area (Å²) in [6.45, 7) is 2.82. The van der Waals surface area contributed by atoms with Gasteiger partial charge in [-0.2, -0.15) is 0 Å². The first-order valence-corrected chi connectivity index (χ1v) is 8.85. The third-order valence-electron chi connectivity index (χ3n) is 3.57. The van der Waals surface area contributed by atoms with Crippen molar-refractivity contribution in [3.8, 4) is 0 Å². The molecule has 3 nitrogen and oxygen atoms in total. The monoisotopic (exact) mass is 306 g/mol. The Hall–Kier alpha value is -0.940. The Balaban J connectivity index is 1.60. The molecule has 1 aromatic carbocycles. The first-order valence-electron chi connectivity index (χ1n) is 6.99. The molecule has 2 aliphatic rings. The second-order valence-electron chi connectivity index (χ2n) is 5.08. The number of hydrogen-bond acceptors (Lipinski definition) is 4. The van der Waals surface area contributed by atoms with Gasteiger partial charge in [0.2, 0.25) is 5.91 Å². The smallest absolute Gasteiger partial charge is 0.237 e. The first-order chi connectivity index (χ1) is 9.72. The number of anilines is 1. The first kappa shape index (κ1) is 14.0. The second-order valence-corrected chi connectivity index (χ2v) is 7.75. The van der Waals surface area contributed by atoms with Crippen LogP contribution < -0.4 is 5.32 Å². The summed E-state index contributed by atoms with van der Waals surface area (Å²) >= 11 is 3.30. The van der Waals surface area contributed by atoms with Gasteiger partial charge < -0.3 is 5.32 Å². The number of nitrogens with zero attached hydrogens (tertiary/aromatic N) is 1. The standard InChI is InChI=1S/C15H18N2OS2/c1-10(20-15-16-7-8-19-15)14(18)17-13-6-5-11-3-2-4-12(11)9-13/h5-6,9-10H,2-4,7-8H2,1H3,(H,17,18). The van der Waals surface area contributed by atoms with Crippen LogP contribution in [-0.4, -0.2) is 27.8 Å². The zero-order valence-electron chi connectivity index (χ0n) is 11.5. The van der Waals surface area contributed by atoms with Crippen molar-refractivity contribution in [2.45, 2.75) is 31.4 Å². The molecule has 1 aromatic rings. The lowest BCUT2D eigenvalue weighted by Crippen LogP contribution is -2.23. The van der Waals surface area contributed by atoms with E-state index in [4.69, 9.17) is 0 Å². The molecule has 0 saturated carbocycles. The van der Waals surface area contributed by atoms with E-state index in [9.17, 15) is 4.79 Å². The van der Waals surface area contributed by atoms with Crippen LogP contribution in [0, 0.1) is 0 Å². The molecule has 5 heteroatoms. The Bertz CT molecular complexity index is 557. The topological polar surface area (TPSA) is 41.5 Å². The van der Waals surface area contributed by atoms with Crippen LogP contribution in [0.15, 0.2) is 23.2 Å². The molecule has 0 spiro atoms. The van der Waals surface area contributed by atoms with E-state index < -0.39 is 0 Å². The van der Waals surface area contributed by atoms with Gasteiger partial charge in [0.25, 0.3) is 0 Å². The van der Waals surface area contributed by atoms with E-state index in [0.717, 1.165) is 28.8 Å². The summed E-state index contributed by atoms with van der Waals surface area (Å²) in [4.78, 5) is 16.6. The van der Waals surface area contributed by atoms with Gasteiger partial charge in [-0.25, -0.2) is 0 Å². The molecule has 1 aliphatic heterocycles. The minimum Gasteiger partial charge on any atom is -0.325 e.